The minimum atomic E-state index is -4.47. The molecule has 0 bridgehead atoms. The summed E-state index contributed by atoms with van der Waals surface area (Å²) < 4.78 is 38.8. The molecule has 2 N–H and O–H groups in total. The summed E-state index contributed by atoms with van der Waals surface area (Å²) in [6.07, 6.45) is -3.19. The van der Waals surface area contributed by atoms with Gasteiger partial charge in [-0.05, 0) is 34.1 Å². The average molecular weight is 382 g/mol. The second kappa shape index (κ2) is 6.07. The molecule has 9 heteroatoms. The Bertz CT molecular complexity index is 663. The average Bonchev–Trinajstić information content (AvgIpc) is 2.39. The van der Waals surface area contributed by atoms with Crippen molar-refractivity contribution in [1.29, 1.82) is 0 Å². The van der Waals surface area contributed by atoms with E-state index in [-0.39, 0.29) is 10.7 Å². The maximum absolute atomic E-state index is 12.8. The highest BCUT2D eigenvalue weighted by atomic mass is 79.9. The van der Waals surface area contributed by atoms with Gasteiger partial charge in [-0.2, -0.15) is 13.2 Å². The zero-order chi connectivity index (χ0) is 15.6. The first-order chi connectivity index (χ1) is 9.81. The molecule has 0 saturated heterocycles. The molecule has 2 aromatic rings. The number of nitrogens with zero attached hydrogens (tertiary/aromatic N) is 2. The van der Waals surface area contributed by atoms with Crippen LogP contribution in [-0.4, -0.2) is 17.0 Å². The van der Waals surface area contributed by atoms with Crippen molar-refractivity contribution in [2.24, 2.45) is 0 Å². The highest BCUT2D eigenvalue weighted by Gasteiger charge is 2.31. The van der Waals surface area contributed by atoms with Gasteiger partial charge in [-0.1, -0.05) is 11.6 Å². The fraction of sp³-hybridized carbons (Fsp3) is 0.167. The second-order valence-corrected chi connectivity index (χ2v) is 5.22. The Morgan fingerprint density at radius 1 is 1.14 bits per heavy atom. The summed E-state index contributed by atoms with van der Waals surface area (Å²) in [6, 6.07) is 3.20. The number of benzene rings is 1. The highest BCUT2D eigenvalue weighted by Crippen LogP contribution is 2.35. The van der Waals surface area contributed by atoms with Gasteiger partial charge in [-0.25, -0.2) is 9.97 Å². The number of aromatic nitrogens is 2. The summed E-state index contributed by atoms with van der Waals surface area (Å²) in [6.45, 7) is 0. The van der Waals surface area contributed by atoms with E-state index in [0.29, 0.717) is 16.1 Å². The van der Waals surface area contributed by atoms with Gasteiger partial charge in [-0.3, -0.25) is 0 Å². The van der Waals surface area contributed by atoms with Gasteiger partial charge in [0.25, 0.3) is 0 Å². The van der Waals surface area contributed by atoms with Crippen molar-refractivity contribution >= 4 is 44.9 Å². The largest absolute Gasteiger partial charge is 0.416 e. The van der Waals surface area contributed by atoms with E-state index in [0.717, 1.165) is 12.1 Å². The van der Waals surface area contributed by atoms with Gasteiger partial charge in [0.2, 0.25) is 0 Å². The molecule has 1 aromatic heterocycles. The first-order valence-corrected chi connectivity index (χ1v) is 6.81. The number of nitrogens with one attached hydrogen (secondary N) is 2. The second-order valence-electron chi connectivity index (χ2n) is 3.99. The summed E-state index contributed by atoms with van der Waals surface area (Å²) in [4.78, 5) is 7.93. The van der Waals surface area contributed by atoms with E-state index in [4.69, 9.17) is 11.6 Å². The van der Waals surface area contributed by atoms with Crippen molar-refractivity contribution in [2.75, 3.05) is 17.7 Å². The van der Waals surface area contributed by atoms with Gasteiger partial charge in [0.1, 0.15) is 22.4 Å². The maximum atomic E-state index is 12.8. The molecule has 0 aliphatic carbocycles. The van der Waals surface area contributed by atoms with Gasteiger partial charge in [-0.15, -0.1) is 0 Å². The third-order valence-corrected chi connectivity index (χ3v) is 3.48. The predicted octanol–water partition coefficient (Wildman–Crippen LogP) is 4.70. The van der Waals surface area contributed by atoms with Gasteiger partial charge in [0.15, 0.2) is 0 Å². The lowest BCUT2D eigenvalue weighted by Crippen LogP contribution is -2.06. The molecule has 2 rings (SSSR count). The summed E-state index contributed by atoms with van der Waals surface area (Å²) in [5.41, 5.74) is -0.659. The van der Waals surface area contributed by atoms with Crippen LogP contribution in [0.25, 0.3) is 0 Å². The van der Waals surface area contributed by atoms with E-state index in [1.54, 1.807) is 7.05 Å². The number of rotatable bonds is 3. The molecular formula is C12H9BrClF3N4. The predicted molar refractivity (Wildman–Crippen MR) is 79.0 cm³/mol. The molecule has 1 aromatic carbocycles. The zero-order valence-corrected chi connectivity index (χ0v) is 12.9. The first-order valence-electron chi connectivity index (χ1n) is 5.64. The van der Waals surface area contributed by atoms with Crippen LogP contribution < -0.4 is 10.6 Å². The van der Waals surface area contributed by atoms with E-state index >= 15 is 0 Å². The molecule has 112 valence electrons. The highest BCUT2D eigenvalue weighted by molar-refractivity contribution is 9.10. The fourth-order valence-electron chi connectivity index (χ4n) is 1.59. The number of hydrogen-bond acceptors (Lipinski definition) is 4. The molecule has 0 fully saturated rings. The van der Waals surface area contributed by atoms with Crippen molar-refractivity contribution in [1.82, 2.24) is 9.97 Å². The van der Waals surface area contributed by atoms with Crippen LogP contribution in [-0.2, 0) is 6.18 Å². The van der Waals surface area contributed by atoms with E-state index in [1.807, 2.05) is 0 Å². The summed E-state index contributed by atoms with van der Waals surface area (Å²) >= 11 is 8.99. The van der Waals surface area contributed by atoms with Crippen LogP contribution in [0.1, 0.15) is 5.56 Å². The Morgan fingerprint density at radius 3 is 2.43 bits per heavy atom. The minimum Gasteiger partial charge on any atom is -0.372 e. The van der Waals surface area contributed by atoms with Crippen LogP contribution in [0, 0.1) is 0 Å². The molecule has 0 spiro atoms. The normalized spacial score (nSPS) is 11.3. The lowest BCUT2D eigenvalue weighted by Gasteiger charge is -2.13. The van der Waals surface area contributed by atoms with Crippen molar-refractivity contribution in [2.45, 2.75) is 6.18 Å². The first kappa shape index (κ1) is 15.8. The summed E-state index contributed by atoms with van der Waals surface area (Å²) in [5.74, 6) is 0.829. The van der Waals surface area contributed by atoms with Crippen LogP contribution in [0.5, 0.6) is 0 Å². The number of hydrogen-bond donors (Lipinski definition) is 2. The molecule has 0 aliphatic heterocycles. The Labute approximate surface area is 131 Å². The Morgan fingerprint density at radius 2 is 1.81 bits per heavy atom. The molecule has 0 unspecified atom stereocenters. The van der Waals surface area contributed by atoms with Crippen LogP contribution in [0.15, 0.2) is 29.0 Å². The molecule has 0 saturated carbocycles. The maximum Gasteiger partial charge on any atom is 0.416 e. The van der Waals surface area contributed by atoms with Gasteiger partial charge < -0.3 is 10.6 Å². The van der Waals surface area contributed by atoms with Crippen molar-refractivity contribution in [3.8, 4) is 0 Å². The number of alkyl halides is 3. The van der Waals surface area contributed by atoms with Crippen LogP contribution in [0.3, 0.4) is 0 Å². The van der Waals surface area contributed by atoms with Gasteiger partial charge in [0.05, 0.1) is 5.56 Å². The standard InChI is InChI=1S/C12H9BrClF3N4/c1-18-10-9(13)11(20-5-19-10)21-8-3-6(12(15,16)17)2-7(14)4-8/h2-5H,1H3,(H2,18,19,20,21). The zero-order valence-electron chi connectivity index (χ0n) is 10.6. The third kappa shape index (κ3) is 3.76. The molecule has 0 atom stereocenters. The Kier molecular flexibility index (Phi) is 4.58. The van der Waals surface area contributed by atoms with Gasteiger partial charge in [0, 0.05) is 17.8 Å². The van der Waals surface area contributed by atoms with E-state index in [2.05, 4.69) is 36.5 Å². The molecule has 21 heavy (non-hydrogen) atoms. The molecule has 0 amide bonds. The Hall–Kier alpha value is -1.54. The number of anilines is 3. The van der Waals surface area contributed by atoms with Crippen LogP contribution >= 0.6 is 27.5 Å². The lowest BCUT2D eigenvalue weighted by atomic mass is 10.2. The molecular weight excluding hydrogens is 373 g/mol. The molecule has 1 heterocycles. The molecule has 0 aliphatic rings. The summed E-state index contributed by atoms with van der Waals surface area (Å²) in [5, 5.41) is 5.58. The monoisotopic (exact) mass is 380 g/mol. The van der Waals surface area contributed by atoms with Crippen LogP contribution in [0.2, 0.25) is 5.02 Å². The van der Waals surface area contributed by atoms with Crippen LogP contribution in [0.4, 0.5) is 30.5 Å². The van der Waals surface area contributed by atoms with E-state index in [9.17, 15) is 13.2 Å². The minimum absolute atomic E-state index is 0.0219. The van der Waals surface area contributed by atoms with Crippen molar-refractivity contribution < 1.29 is 13.2 Å². The molecule has 4 nitrogen and oxygen atoms in total. The van der Waals surface area contributed by atoms with Gasteiger partial charge >= 0.3 is 6.18 Å². The molecule has 0 radical (unpaired) electrons. The Balaban J connectivity index is 2.38. The SMILES string of the molecule is CNc1ncnc(Nc2cc(Cl)cc(C(F)(F)F)c2)c1Br. The fourth-order valence-corrected chi connectivity index (χ4v) is 2.33. The van der Waals surface area contributed by atoms with Crippen molar-refractivity contribution in [3.05, 3.63) is 39.6 Å². The number of halogens is 5. The topological polar surface area (TPSA) is 49.8 Å². The smallest absolute Gasteiger partial charge is 0.372 e. The third-order valence-electron chi connectivity index (χ3n) is 2.51. The summed E-state index contributed by atoms with van der Waals surface area (Å²) in [7, 11) is 1.66. The van der Waals surface area contributed by atoms with Crippen molar-refractivity contribution in [3.63, 3.8) is 0 Å². The van der Waals surface area contributed by atoms with E-state index in [1.165, 1.54) is 12.4 Å². The quantitative estimate of drug-likeness (QED) is 0.809. The lowest BCUT2D eigenvalue weighted by molar-refractivity contribution is -0.137. The van der Waals surface area contributed by atoms with E-state index < -0.39 is 11.7 Å².